The number of allylic oxidation sites excluding steroid dienone is 1. The van der Waals surface area contributed by atoms with Crippen LogP contribution in [0.2, 0.25) is 0 Å². The number of ether oxygens (including phenoxy) is 3. The maximum absolute atomic E-state index is 13.0. The first-order valence-corrected chi connectivity index (χ1v) is 9.17. The molecule has 0 saturated carbocycles. The number of carbonyl (C=O) groups is 1. The zero-order valence-corrected chi connectivity index (χ0v) is 16.1. The van der Waals surface area contributed by atoms with Crippen molar-refractivity contribution in [3.8, 4) is 11.5 Å². The molecule has 2 aliphatic rings. The lowest BCUT2D eigenvalue weighted by Crippen LogP contribution is -2.34. The number of nitrogens with zero attached hydrogens (tertiary/aromatic N) is 2. The van der Waals surface area contributed by atoms with Crippen LogP contribution in [-0.4, -0.2) is 42.6 Å². The lowest BCUT2D eigenvalue weighted by Gasteiger charge is -2.29. The second-order valence-electron chi connectivity index (χ2n) is 6.98. The number of carbonyl (C=O) groups excluding carboxylic acids is 1. The number of ketones is 1. The minimum absolute atomic E-state index is 0.0435. The number of non-ortho nitro benzene ring substituents is 1. The molecule has 8 heteroatoms. The lowest BCUT2D eigenvalue weighted by atomic mass is 9.98. The minimum Gasteiger partial charge on any atom is -0.478 e. The standard InChI is InChI=1S/C21H20N2O6/c1-13-8-17-16(11-22(12-28-17)6-7-27-2)21-19(13)20(24)18(29-21)10-14-4-3-5-15(9-14)23(25)26/h3-5,8-10H,6-7,11-12H2,1-2H3/b18-10-. The number of benzene rings is 2. The van der Waals surface area contributed by atoms with Gasteiger partial charge < -0.3 is 14.2 Å². The molecule has 2 heterocycles. The van der Waals surface area contributed by atoms with Crippen LogP contribution in [0.15, 0.2) is 36.1 Å². The summed E-state index contributed by atoms with van der Waals surface area (Å²) < 4.78 is 16.9. The summed E-state index contributed by atoms with van der Waals surface area (Å²) in [6, 6.07) is 7.94. The van der Waals surface area contributed by atoms with Gasteiger partial charge in [-0.15, -0.1) is 0 Å². The second-order valence-corrected chi connectivity index (χ2v) is 6.98. The Bertz CT molecular complexity index is 1030. The topological polar surface area (TPSA) is 91.1 Å². The molecule has 0 unspecified atom stereocenters. The molecule has 8 nitrogen and oxygen atoms in total. The summed E-state index contributed by atoms with van der Waals surface area (Å²) >= 11 is 0. The van der Waals surface area contributed by atoms with Crippen molar-refractivity contribution < 1.29 is 23.9 Å². The average molecular weight is 396 g/mol. The summed E-state index contributed by atoms with van der Waals surface area (Å²) in [5, 5.41) is 11.0. The Balaban J connectivity index is 1.69. The van der Waals surface area contributed by atoms with E-state index in [-0.39, 0.29) is 17.2 Å². The fraction of sp³-hybridized carbons (Fsp3) is 0.286. The first kappa shape index (κ1) is 19.1. The number of aryl methyl sites for hydroxylation is 1. The van der Waals surface area contributed by atoms with Crippen molar-refractivity contribution >= 4 is 17.5 Å². The molecule has 0 aliphatic carbocycles. The van der Waals surface area contributed by atoms with Crippen LogP contribution in [0, 0.1) is 17.0 Å². The number of nitro benzene ring substituents is 1. The molecule has 0 atom stereocenters. The first-order chi connectivity index (χ1) is 14.0. The van der Waals surface area contributed by atoms with Crippen LogP contribution in [0.25, 0.3) is 6.08 Å². The Morgan fingerprint density at radius 1 is 1.34 bits per heavy atom. The first-order valence-electron chi connectivity index (χ1n) is 9.17. The van der Waals surface area contributed by atoms with Crippen LogP contribution in [0.5, 0.6) is 11.5 Å². The molecule has 150 valence electrons. The van der Waals surface area contributed by atoms with Crippen molar-refractivity contribution in [3.05, 3.63) is 68.5 Å². The van der Waals surface area contributed by atoms with Gasteiger partial charge in [-0.1, -0.05) is 12.1 Å². The van der Waals surface area contributed by atoms with E-state index >= 15 is 0 Å². The van der Waals surface area contributed by atoms with Crippen molar-refractivity contribution in [1.29, 1.82) is 0 Å². The predicted octanol–water partition coefficient (Wildman–Crippen LogP) is 3.32. The molecule has 2 aliphatic heterocycles. The fourth-order valence-corrected chi connectivity index (χ4v) is 3.52. The maximum atomic E-state index is 13.0. The molecule has 0 fully saturated rings. The van der Waals surface area contributed by atoms with E-state index in [1.807, 2.05) is 13.0 Å². The molecule has 0 bridgehead atoms. The van der Waals surface area contributed by atoms with Crippen molar-refractivity contribution in [3.63, 3.8) is 0 Å². The van der Waals surface area contributed by atoms with Crippen molar-refractivity contribution in [2.75, 3.05) is 27.0 Å². The van der Waals surface area contributed by atoms with E-state index in [0.717, 1.165) is 11.1 Å². The molecule has 29 heavy (non-hydrogen) atoms. The third kappa shape index (κ3) is 3.59. The molecule has 0 aromatic heterocycles. The summed E-state index contributed by atoms with van der Waals surface area (Å²) in [6.45, 7) is 4.14. The smallest absolute Gasteiger partial charge is 0.270 e. The van der Waals surface area contributed by atoms with Crippen LogP contribution < -0.4 is 9.47 Å². The summed E-state index contributed by atoms with van der Waals surface area (Å²) in [5.41, 5.74) is 2.59. The summed E-state index contributed by atoms with van der Waals surface area (Å²) in [7, 11) is 1.65. The fourth-order valence-electron chi connectivity index (χ4n) is 3.52. The largest absolute Gasteiger partial charge is 0.478 e. The highest BCUT2D eigenvalue weighted by molar-refractivity contribution is 6.15. The Kier molecular flexibility index (Phi) is 5.04. The number of fused-ring (bicyclic) bond motifs is 3. The molecule has 0 radical (unpaired) electrons. The summed E-state index contributed by atoms with van der Waals surface area (Å²) in [6.07, 6.45) is 1.54. The van der Waals surface area contributed by atoms with Gasteiger partial charge >= 0.3 is 0 Å². The number of methoxy groups -OCH3 is 1. The van der Waals surface area contributed by atoms with Crippen LogP contribution in [-0.2, 0) is 11.3 Å². The number of Topliss-reactive ketones (excluding diaryl/α,β-unsaturated/α-hetero) is 1. The molecule has 0 N–H and O–H groups in total. The zero-order valence-electron chi connectivity index (χ0n) is 16.1. The molecule has 0 spiro atoms. The molecule has 4 rings (SSSR count). The van der Waals surface area contributed by atoms with Gasteiger partial charge in [-0.2, -0.15) is 0 Å². The minimum atomic E-state index is -0.472. The number of nitro groups is 1. The van der Waals surface area contributed by atoms with Crippen molar-refractivity contribution in [1.82, 2.24) is 4.90 Å². The number of hydrogen-bond donors (Lipinski definition) is 0. The van der Waals surface area contributed by atoms with Gasteiger partial charge in [-0.05, 0) is 30.2 Å². The molecular formula is C21H20N2O6. The monoisotopic (exact) mass is 396 g/mol. The van der Waals surface area contributed by atoms with E-state index in [2.05, 4.69) is 4.90 Å². The predicted molar refractivity (Wildman–Crippen MR) is 105 cm³/mol. The number of hydrogen-bond acceptors (Lipinski definition) is 7. The van der Waals surface area contributed by atoms with Crippen LogP contribution in [0.4, 0.5) is 5.69 Å². The lowest BCUT2D eigenvalue weighted by molar-refractivity contribution is -0.384. The molecular weight excluding hydrogens is 376 g/mol. The Labute approximate surface area is 167 Å². The van der Waals surface area contributed by atoms with E-state index in [0.29, 0.717) is 49.1 Å². The van der Waals surface area contributed by atoms with E-state index in [1.54, 1.807) is 19.2 Å². The molecule has 0 amide bonds. The molecule has 0 saturated heterocycles. The maximum Gasteiger partial charge on any atom is 0.270 e. The van der Waals surface area contributed by atoms with E-state index in [9.17, 15) is 14.9 Å². The average Bonchev–Trinajstić information content (AvgIpc) is 3.04. The van der Waals surface area contributed by atoms with Crippen molar-refractivity contribution in [2.24, 2.45) is 0 Å². The van der Waals surface area contributed by atoms with Gasteiger partial charge in [-0.25, -0.2) is 0 Å². The van der Waals surface area contributed by atoms with Gasteiger partial charge in [0.1, 0.15) is 18.2 Å². The zero-order chi connectivity index (χ0) is 20.5. The van der Waals surface area contributed by atoms with Gasteiger partial charge in [0.15, 0.2) is 5.76 Å². The third-order valence-corrected chi connectivity index (χ3v) is 4.98. The molecule has 2 aromatic carbocycles. The molecule has 2 aromatic rings. The van der Waals surface area contributed by atoms with E-state index < -0.39 is 4.92 Å². The number of rotatable bonds is 5. The highest BCUT2D eigenvalue weighted by Gasteiger charge is 2.35. The highest BCUT2D eigenvalue weighted by Crippen LogP contribution is 2.44. The normalized spacial score (nSPS) is 16.9. The Morgan fingerprint density at radius 3 is 2.93 bits per heavy atom. The Hall–Kier alpha value is -3.23. The van der Waals surface area contributed by atoms with E-state index in [1.165, 1.54) is 18.2 Å². The van der Waals surface area contributed by atoms with E-state index in [4.69, 9.17) is 14.2 Å². The summed E-state index contributed by atoms with van der Waals surface area (Å²) in [5.74, 6) is 1.12. The SMILES string of the molecule is COCCN1COc2cc(C)c3c(c2C1)O/C(=C\c1cccc([N+](=O)[O-])c1)C3=O. The van der Waals surface area contributed by atoms with Gasteiger partial charge in [0.2, 0.25) is 5.78 Å². The van der Waals surface area contributed by atoms with Gasteiger partial charge in [-0.3, -0.25) is 19.8 Å². The summed E-state index contributed by atoms with van der Waals surface area (Å²) in [4.78, 5) is 25.6. The third-order valence-electron chi connectivity index (χ3n) is 4.98. The van der Waals surface area contributed by atoms with Gasteiger partial charge in [0.05, 0.1) is 22.7 Å². The van der Waals surface area contributed by atoms with Crippen LogP contribution >= 0.6 is 0 Å². The van der Waals surface area contributed by atoms with Gasteiger partial charge in [0, 0.05) is 32.3 Å². The highest BCUT2D eigenvalue weighted by atomic mass is 16.6. The van der Waals surface area contributed by atoms with Crippen LogP contribution in [0.1, 0.15) is 27.0 Å². The van der Waals surface area contributed by atoms with Crippen LogP contribution in [0.3, 0.4) is 0 Å². The second kappa shape index (κ2) is 7.65. The quantitative estimate of drug-likeness (QED) is 0.435. The van der Waals surface area contributed by atoms with Gasteiger partial charge in [0.25, 0.3) is 5.69 Å². The van der Waals surface area contributed by atoms with Crippen molar-refractivity contribution in [2.45, 2.75) is 13.5 Å². The Morgan fingerprint density at radius 2 is 2.17 bits per heavy atom.